The van der Waals surface area contributed by atoms with Gasteiger partial charge in [0.1, 0.15) is 6.33 Å². The van der Waals surface area contributed by atoms with E-state index in [9.17, 15) is 8.42 Å². The highest BCUT2D eigenvalue weighted by Gasteiger charge is 2.29. The molecule has 22 heavy (non-hydrogen) atoms. The van der Waals surface area contributed by atoms with Crippen LogP contribution in [0.15, 0.2) is 23.1 Å². The van der Waals surface area contributed by atoms with Gasteiger partial charge in [0.05, 0.1) is 23.2 Å². The molecular formula is C14H18N4O3S. The van der Waals surface area contributed by atoms with Crippen LogP contribution in [0.2, 0.25) is 0 Å². The first-order valence-corrected chi connectivity index (χ1v) is 8.98. The Hall–Kier alpha value is -1.80. The fourth-order valence-electron chi connectivity index (χ4n) is 2.81. The van der Waals surface area contributed by atoms with E-state index in [1.807, 2.05) is 13.0 Å². The Bertz CT molecular complexity index is 772. The van der Waals surface area contributed by atoms with Gasteiger partial charge in [-0.05, 0) is 19.8 Å². The standard InChI is InChI=1S/C14H18N4O3S/c1-10-6-13(21-17-10)12-7-15-9-16-14(12)11-4-3-5-18(8-11)22(2,19)20/h6-7,9,11H,3-5,8H2,1-2H3/t11-/m0/s1. The topological polar surface area (TPSA) is 89.2 Å². The SMILES string of the molecule is Cc1cc(-c2cncnc2[C@H]2CCCN(S(C)(=O)=O)C2)on1. The Morgan fingerprint density at radius 1 is 1.41 bits per heavy atom. The normalized spacial score (nSPS) is 20.2. The molecular weight excluding hydrogens is 304 g/mol. The molecule has 1 aliphatic rings. The second-order valence-electron chi connectivity index (χ2n) is 5.61. The first-order chi connectivity index (χ1) is 10.4. The molecule has 7 nitrogen and oxygen atoms in total. The van der Waals surface area contributed by atoms with Crippen molar-refractivity contribution >= 4 is 10.0 Å². The van der Waals surface area contributed by atoms with Gasteiger partial charge >= 0.3 is 0 Å². The van der Waals surface area contributed by atoms with Gasteiger partial charge in [0.25, 0.3) is 0 Å². The van der Waals surface area contributed by atoms with Gasteiger partial charge in [0.2, 0.25) is 10.0 Å². The number of aromatic nitrogens is 3. The smallest absolute Gasteiger partial charge is 0.211 e. The van der Waals surface area contributed by atoms with Crippen LogP contribution < -0.4 is 0 Å². The zero-order valence-corrected chi connectivity index (χ0v) is 13.4. The maximum Gasteiger partial charge on any atom is 0.211 e. The molecule has 0 aliphatic carbocycles. The molecule has 0 bridgehead atoms. The van der Waals surface area contributed by atoms with Crippen molar-refractivity contribution in [2.75, 3.05) is 19.3 Å². The van der Waals surface area contributed by atoms with Gasteiger partial charge in [-0.2, -0.15) is 0 Å². The average molecular weight is 322 g/mol. The highest BCUT2D eigenvalue weighted by atomic mass is 32.2. The number of aryl methyl sites for hydroxylation is 1. The zero-order valence-electron chi connectivity index (χ0n) is 12.6. The van der Waals surface area contributed by atoms with Gasteiger partial charge in [0, 0.05) is 31.3 Å². The average Bonchev–Trinajstić information content (AvgIpc) is 2.93. The van der Waals surface area contributed by atoms with Gasteiger partial charge in [-0.3, -0.25) is 0 Å². The molecule has 3 rings (SSSR count). The highest BCUT2D eigenvalue weighted by Crippen LogP contribution is 2.33. The van der Waals surface area contributed by atoms with Crippen LogP contribution in [0.5, 0.6) is 0 Å². The second kappa shape index (κ2) is 5.77. The van der Waals surface area contributed by atoms with Crippen LogP contribution in [-0.2, 0) is 10.0 Å². The number of hydrogen-bond donors (Lipinski definition) is 0. The molecule has 3 heterocycles. The van der Waals surface area contributed by atoms with Crippen molar-refractivity contribution in [3.63, 3.8) is 0 Å². The molecule has 0 spiro atoms. The minimum Gasteiger partial charge on any atom is -0.356 e. The van der Waals surface area contributed by atoms with E-state index in [2.05, 4.69) is 15.1 Å². The number of hydrogen-bond acceptors (Lipinski definition) is 6. The molecule has 1 saturated heterocycles. The van der Waals surface area contributed by atoms with E-state index >= 15 is 0 Å². The molecule has 0 unspecified atom stereocenters. The van der Waals surface area contributed by atoms with Crippen LogP contribution >= 0.6 is 0 Å². The Labute approximate surface area is 129 Å². The monoisotopic (exact) mass is 322 g/mol. The highest BCUT2D eigenvalue weighted by molar-refractivity contribution is 7.88. The second-order valence-corrected chi connectivity index (χ2v) is 7.60. The summed E-state index contributed by atoms with van der Waals surface area (Å²) in [5, 5.41) is 3.90. The summed E-state index contributed by atoms with van der Waals surface area (Å²) in [5.41, 5.74) is 2.38. The van der Waals surface area contributed by atoms with Crippen LogP contribution in [0.1, 0.15) is 30.1 Å². The summed E-state index contributed by atoms with van der Waals surface area (Å²) in [6.07, 6.45) is 6.14. The summed E-state index contributed by atoms with van der Waals surface area (Å²) in [6, 6.07) is 1.83. The Morgan fingerprint density at radius 2 is 2.23 bits per heavy atom. The molecule has 8 heteroatoms. The summed E-state index contributed by atoms with van der Waals surface area (Å²) in [4.78, 5) is 8.45. The summed E-state index contributed by atoms with van der Waals surface area (Å²) in [7, 11) is -3.19. The minimum absolute atomic E-state index is 0.0341. The summed E-state index contributed by atoms with van der Waals surface area (Å²) < 4.78 is 30.4. The van der Waals surface area contributed by atoms with Gasteiger partial charge in [0.15, 0.2) is 5.76 Å². The van der Waals surface area contributed by atoms with Crippen molar-refractivity contribution in [1.82, 2.24) is 19.4 Å². The van der Waals surface area contributed by atoms with Crippen molar-refractivity contribution in [3.05, 3.63) is 30.0 Å². The molecule has 0 amide bonds. The van der Waals surface area contributed by atoms with Crippen molar-refractivity contribution < 1.29 is 12.9 Å². The number of rotatable bonds is 3. The lowest BCUT2D eigenvalue weighted by Gasteiger charge is -2.31. The molecule has 0 saturated carbocycles. The zero-order chi connectivity index (χ0) is 15.7. The van der Waals surface area contributed by atoms with E-state index in [4.69, 9.17) is 4.52 Å². The molecule has 1 atom stereocenters. The summed E-state index contributed by atoms with van der Waals surface area (Å²) >= 11 is 0. The number of sulfonamides is 1. The fourth-order valence-corrected chi connectivity index (χ4v) is 3.72. The minimum atomic E-state index is -3.19. The number of piperidine rings is 1. The lowest BCUT2D eigenvalue weighted by atomic mass is 9.92. The third kappa shape index (κ3) is 3.02. The van der Waals surface area contributed by atoms with E-state index in [0.717, 1.165) is 29.8 Å². The van der Waals surface area contributed by atoms with Crippen LogP contribution in [0.25, 0.3) is 11.3 Å². The molecule has 0 aromatic carbocycles. The van der Waals surface area contributed by atoms with E-state index in [1.165, 1.54) is 16.9 Å². The third-order valence-electron chi connectivity index (χ3n) is 3.88. The lowest BCUT2D eigenvalue weighted by molar-refractivity contribution is 0.314. The van der Waals surface area contributed by atoms with Crippen molar-refractivity contribution in [2.24, 2.45) is 0 Å². The predicted molar refractivity (Wildman–Crippen MR) is 80.7 cm³/mol. The molecule has 0 N–H and O–H groups in total. The summed E-state index contributed by atoms with van der Waals surface area (Å²) in [6.45, 7) is 2.86. The van der Waals surface area contributed by atoms with Gasteiger partial charge in [-0.1, -0.05) is 5.16 Å². The fraction of sp³-hybridized carbons (Fsp3) is 0.500. The van der Waals surface area contributed by atoms with E-state index in [0.29, 0.717) is 18.8 Å². The van der Waals surface area contributed by atoms with Gasteiger partial charge in [-0.15, -0.1) is 0 Å². The Morgan fingerprint density at radius 3 is 2.91 bits per heavy atom. The van der Waals surface area contributed by atoms with Crippen LogP contribution in [0, 0.1) is 6.92 Å². The number of nitrogens with zero attached hydrogens (tertiary/aromatic N) is 4. The molecule has 0 radical (unpaired) electrons. The van der Waals surface area contributed by atoms with Crippen LogP contribution in [0.3, 0.4) is 0 Å². The Balaban J connectivity index is 1.95. The van der Waals surface area contributed by atoms with Gasteiger partial charge in [-0.25, -0.2) is 22.7 Å². The van der Waals surface area contributed by atoms with Crippen molar-refractivity contribution in [3.8, 4) is 11.3 Å². The molecule has 1 fully saturated rings. The maximum atomic E-state index is 11.8. The summed E-state index contributed by atoms with van der Waals surface area (Å²) in [5.74, 6) is 0.650. The molecule has 118 valence electrons. The third-order valence-corrected chi connectivity index (χ3v) is 5.15. The van der Waals surface area contributed by atoms with Crippen molar-refractivity contribution in [1.29, 1.82) is 0 Å². The first-order valence-electron chi connectivity index (χ1n) is 7.14. The maximum absolute atomic E-state index is 11.8. The molecule has 2 aromatic rings. The van der Waals surface area contributed by atoms with E-state index in [1.54, 1.807) is 6.20 Å². The van der Waals surface area contributed by atoms with Crippen LogP contribution in [-0.4, -0.2) is 47.2 Å². The van der Waals surface area contributed by atoms with Crippen LogP contribution in [0.4, 0.5) is 0 Å². The largest absolute Gasteiger partial charge is 0.356 e. The molecule has 2 aromatic heterocycles. The van der Waals surface area contributed by atoms with Crippen molar-refractivity contribution in [2.45, 2.75) is 25.7 Å². The quantitative estimate of drug-likeness (QED) is 0.852. The van der Waals surface area contributed by atoms with E-state index in [-0.39, 0.29) is 5.92 Å². The molecule has 1 aliphatic heterocycles. The Kier molecular flexibility index (Phi) is 3.96. The van der Waals surface area contributed by atoms with Gasteiger partial charge < -0.3 is 4.52 Å². The predicted octanol–water partition coefficient (Wildman–Crippen LogP) is 1.58. The van der Waals surface area contributed by atoms with E-state index < -0.39 is 10.0 Å². The lowest BCUT2D eigenvalue weighted by Crippen LogP contribution is -2.38. The first kappa shape index (κ1) is 15.1.